The first-order valence-corrected chi connectivity index (χ1v) is 6.12. The van der Waals surface area contributed by atoms with E-state index in [9.17, 15) is 13.2 Å². The standard InChI is InChI=1S/C10H15F3N2OS/c1-15(4-2-3-5-16)6-9-14-8(7-17-9)10(11,12)13/h7,16H,2-6H2,1H3. The Labute approximate surface area is 102 Å². The average molecular weight is 268 g/mol. The normalized spacial score (nSPS) is 12.4. The highest BCUT2D eigenvalue weighted by atomic mass is 32.1. The number of aliphatic hydroxyl groups is 1. The topological polar surface area (TPSA) is 36.4 Å². The Morgan fingerprint density at radius 3 is 2.65 bits per heavy atom. The lowest BCUT2D eigenvalue weighted by molar-refractivity contribution is -0.140. The molecule has 0 saturated carbocycles. The Hall–Kier alpha value is -0.660. The fourth-order valence-electron chi connectivity index (χ4n) is 1.32. The second kappa shape index (κ2) is 6.32. The van der Waals surface area contributed by atoms with E-state index in [1.54, 1.807) is 0 Å². The molecule has 1 aromatic heterocycles. The van der Waals surface area contributed by atoms with E-state index in [1.165, 1.54) is 0 Å². The molecule has 0 unspecified atom stereocenters. The first kappa shape index (κ1) is 14.4. The van der Waals surface area contributed by atoms with Gasteiger partial charge in [-0.25, -0.2) is 4.98 Å². The van der Waals surface area contributed by atoms with Gasteiger partial charge in [-0.1, -0.05) is 0 Å². The molecule has 0 bridgehead atoms. The van der Waals surface area contributed by atoms with Crippen LogP contribution in [0.5, 0.6) is 0 Å². The van der Waals surface area contributed by atoms with Crippen LogP contribution >= 0.6 is 11.3 Å². The minimum absolute atomic E-state index is 0.142. The molecule has 0 aromatic carbocycles. The highest BCUT2D eigenvalue weighted by Gasteiger charge is 2.33. The summed E-state index contributed by atoms with van der Waals surface area (Å²) in [4.78, 5) is 5.45. The summed E-state index contributed by atoms with van der Waals surface area (Å²) in [7, 11) is 1.83. The molecule has 1 N–H and O–H groups in total. The van der Waals surface area contributed by atoms with Gasteiger partial charge in [0.05, 0.1) is 6.54 Å². The average Bonchev–Trinajstić information content (AvgIpc) is 2.66. The smallest absolute Gasteiger partial charge is 0.396 e. The van der Waals surface area contributed by atoms with Gasteiger partial charge in [0.2, 0.25) is 0 Å². The van der Waals surface area contributed by atoms with Gasteiger partial charge < -0.3 is 5.11 Å². The van der Waals surface area contributed by atoms with Crippen LogP contribution in [0.2, 0.25) is 0 Å². The van der Waals surface area contributed by atoms with Crippen LogP contribution < -0.4 is 0 Å². The van der Waals surface area contributed by atoms with Crippen LogP contribution in [0, 0.1) is 0 Å². The van der Waals surface area contributed by atoms with E-state index in [1.807, 2.05) is 11.9 Å². The number of unbranched alkanes of at least 4 members (excludes halogenated alkanes) is 1. The number of hydrogen-bond acceptors (Lipinski definition) is 4. The van der Waals surface area contributed by atoms with Crippen LogP contribution in [0.4, 0.5) is 13.2 Å². The van der Waals surface area contributed by atoms with E-state index in [0.717, 1.165) is 29.7 Å². The number of hydrogen-bond donors (Lipinski definition) is 1. The number of alkyl halides is 3. The van der Waals surface area contributed by atoms with E-state index in [4.69, 9.17) is 5.11 Å². The van der Waals surface area contributed by atoms with Crippen molar-refractivity contribution in [1.82, 2.24) is 9.88 Å². The first-order valence-electron chi connectivity index (χ1n) is 5.24. The summed E-state index contributed by atoms with van der Waals surface area (Å²) in [5, 5.41) is 10.1. The maximum absolute atomic E-state index is 12.3. The highest BCUT2D eigenvalue weighted by molar-refractivity contribution is 7.09. The summed E-state index contributed by atoms with van der Waals surface area (Å²) >= 11 is 1.02. The third-order valence-corrected chi connectivity index (χ3v) is 3.03. The van der Waals surface area contributed by atoms with Crippen molar-refractivity contribution in [1.29, 1.82) is 0 Å². The van der Waals surface area contributed by atoms with Crippen LogP contribution in [0.25, 0.3) is 0 Å². The van der Waals surface area contributed by atoms with Crippen molar-refractivity contribution >= 4 is 11.3 Å². The van der Waals surface area contributed by atoms with Crippen LogP contribution in [0.3, 0.4) is 0 Å². The van der Waals surface area contributed by atoms with E-state index in [2.05, 4.69) is 4.98 Å². The Morgan fingerprint density at radius 1 is 1.41 bits per heavy atom. The maximum Gasteiger partial charge on any atom is 0.434 e. The van der Waals surface area contributed by atoms with Crippen molar-refractivity contribution in [3.05, 3.63) is 16.1 Å². The van der Waals surface area contributed by atoms with Gasteiger partial charge in [0, 0.05) is 12.0 Å². The van der Waals surface area contributed by atoms with Crippen molar-refractivity contribution in [2.45, 2.75) is 25.6 Å². The van der Waals surface area contributed by atoms with Gasteiger partial charge in [0.1, 0.15) is 5.01 Å². The summed E-state index contributed by atoms with van der Waals surface area (Å²) in [6.07, 6.45) is -2.83. The molecule has 0 fully saturated rings. The number of aliphatic hydroxyl groups excluding tert-OH is 1. The van der Waals surface area contributed by atoms with Gasteiger partial charge >= 0.3 is 6.18 Å². The molecule has 3 nitrogen and oxygen atoms in total. The molecule has 0 aliphatic rings. The van der Waals surface area contributed by atoms with Crippen LogP contribution in [-0.4, -0.2) is 35.2 Å². The number of thiazole rings is 1. The van der Waals surface area contributed by atoms with Crippen molar-refractivity contribution in [2.24, 2.45) is 0 Å². The first-order chi connectivity index (χ1) is 7.93. The summed E-state index contributed by atoms with van der Waals surface area (Å²) in [6.45, 7) is 1.29. The molecule has 1 aromatic rings. The zero-order valence-corrected chi connectivity index (χ0v) is 10.3. The van der Waals surface area contributed by atoms with E-state index >= 15 is 0 Å². The second-order valence-corrected chi connectivity index (χ2v) is 4.74. The molecular formula is C10H15F3N2OS. The van der Waals surface area contributed by atoms with Gasteiger partial charge in [-0.3, -0.25) is 4.90 Å². The Balaban J connectivity index is 2.43. The SMILES string of the molecule is CN(CCCCO)Cc1nc(C(F)(F)F)cs1. The molecule has 0 saturated heterocycles. The van der Waals surface area contributed by atoms with Crippen molar-refractivity contribution in [2.75, 3.05) is 20.2 Å². The molecule has 0 radical (unpaired) electrons. The fourth-order valence-corrected chi connectivity index (χ4v) is 2.20. The summed E-state index contributed by atoms with van der Waals surface area (Å²) in [5.74, 6) is 0. The molecule has 1 rings (SSSR count). The minimum atomic E-state index is -4.36. The van der Waals surface area contributed by atoms with Crippen LogP contribution in [-0.2, 0) is 12.7 Å². The molecule has 0 spiro atoms. The Kier molecular flexibility index (Phi) is 5.35. The quantitative estimate of drug-likeness (QED) is 0.805. The third kappa shape index (κ3) is 5.01. The Bertz CT molecular complexity index is 341. The number of aromatic nitrogens is 1. The predicted octanol–water partition coefficient (Wildman–Crippen LogP) is 2.37. The molecular weight excluding hydrogens is 253 g/mol. The molecule has 0 aliphatic heterocycles. The van der Waals surface area contributed by atoms with Gasteiger partial charge in [-0.15, -0.1) is 11.3 Å². The van der Waals surface area contributed by atoms with Crippen molar-refractivity contribution in [3.63, 3.8) is 0 Å². The second-order valence-electron chi connectivity index (χ2n) is 3.79. The van der Waals surface area contributed by atoms with Crippen LogP contribution in [0.1, 0.15) is 23.5 Å². The van der Waals surface area contributed by atoms with Gasteiger partial charge in [-0.05, 0) is 26.4 Å². The van der Waals surface area contributed by atoms with E-state index < -0.39 is 11.9 Å². The monoisotopic (exact) mass is 268 g/mol. The van der Waals surface area contributed by atoms with E-state index in [0.29, 0.717) is 18.0 Å². The maximum atomic E-state index is 12.3. The largest absolute Gasteiger partial charge is 0.434 e. The van der Waals surface area contributed by atoms with E-state index in [-0.39, 0.29) is 6.61 Å². The van der Waals surface area contributed by atoms with Crippen molar-refractivity contribution < 1.29 is 18.3 Å². The zero-order chi connectivity index (χ0) is 12.9. The van der Waals surface area contributed by atoms with Gasteiger partial charge in [0.25, 0.3) is 0 Å². The lowest BCUT2D eigenvalue weighted by atomic mass is 10.3. The number of nitrogens with zero attached hydrogens (tertiary/aromatic N) is 2. The summed E-state index contributed by atoms with van der Waals surface area (Å²) in [5.41, 5.74) is -0.818. The highest BCUT2D eigenvalue weighted by Crippen LogP contribution is 2.30. The summed E-state index contributed by atoms with van der Waals surface area (Å²) in [6, 6.07) is 0. The zero-order valence-electron chi connectivity index (χ0n) is 9.50. The Morgan fingerprint density at radius 2 is 2.12 bits per heavy atom. The summed E-state index contributed by atoms with van der Waals surface area (Å²) < 4.78 is 36.9. The predicted molar refractivity (Wildman–Crippen MR) is 59.8 cm³/mol. The lowest BCUT2D eigenvalue weighted by Crippen LogP contribution is -2.19. The molecule has 1 heterocycles. The number of halogens is 3. The van der Waals surface area contributed by atoms with Crippen LogP contribution in [0.15, 0.2) is 5.38 Å². The molecule has 7 heteroatoms. The number of rotatable bonds is 6. The molecule has 98 valence electrons. The third-order valence-electron chi connectivity index (χ3n) is 2.20. The molecule has 0 atom stereocenters. The lowest BCUT2D eigenvalue weighted by Gasteiger charge is -2.14. The van der Waals surface area contributed by atoms with Crippen molar-refractivity contribution in [3.8, 4) is 0 Å². The minimum Gasteiger partial charge on any atom is -0.396 e. The molecule has 17 heavy (non-hydrogen) atoms. The fraction of sp³-hybridized carbons (Fsp3) is 0.700. The molecule has 0 amide bonds. The van der Waals surface area contributed by atoms with Gasteiger partial charge in [-0.2, -0.15) is 13.2 Å². The molecule has 0 aliphatic carbocycles. The van der Waals surface area contributed by atoms with Gasteiger partial charge in [0.15, 0.2) is 5.69 Å².